The second kappa shape index (κ2) is 5.23. The molecule has 1 nitrogen and oxygen atoms in total. The van der Waals surface area contributed by atoms with Gasteiger partial charge in [0.25, 0.3) is 0 Å². The van der Waals surface area contributed by atoms with Gasteiger partial charge in [0.2, 0.25) is 0 Å². The molecular weight excluding hydrogens is 202 g/mol. The first-order chi connectivity index (χ1) is 7.40. The zero-order valence-electron chi connectivity index (χ0n) is 8.83. The first kappa shape index (κ1) is 10.6. The minimum absolute atomic E-state index is 0.679. The summed E-state index contributed by atoms with van der Waals surface area (Å²) in [6.07, 6.45) is 5.50. The first-order valence-electron chi connectivity index (χ1n) is 5.52. The molecule has 0 spiro atoms. The summed E-state index contributed by atoms with van der Waals surface area (Å²) >= 11 is 1.88. The minimum Gasteiger partial charge on any atom is -0.198 e. The topological polar surface area (TPSA) is 23.8 Å². The van der Waals surface area contributed by atoms with Gasteiger partial charge in [-0.2, -0.15) is 5.26 Å². The normalized spacial score (nSPS) is 13.5. The van der Waals surface area contributed by atoms with Crippen LogP contribution in [0, 0.1) is 11.3 Å². The molecule has 0 amide bonds. The van der Waals surface area contributed by atoms with Crippen LogP contribution in [0.3, 0.4) is 0 Å². The lowest BCUT2D eigenvalue weighted by Gasteiger charge is -2.03. The third kappa shape index (κ3) is 2.76. The van der Waals surface area contributed by atoms with E-state index < -0.39 is 0 Å². The van der Waals surface area contributed by atoms with Crippen molar-refractivity contribution < 1.29 is 0 Å². The van der Waals surface area contributed by atoms with Crippen LogP contribution in [0.4, 0.5) is 0 Å². The van der Waals surface area contributed by atoms with E-state index in [4.69, 9.17) is 5.26 Å². The summed E-state index contributed by atoms with van der Waals surface area (Å²) in [5.41, 5.74) is 3.08. The van der Waals surface area contributed by atoms with Crippen molar-refractivity contribution in [3.8, 4) is 6.07 Å². The molecule has 0 saturated carbocycles. The van der Waals surface area contributed by atoms with Gasteiger partial charge in [-0.25, -0.2) is 0 Å². The summed E-state index contributed by atoms with van der Waals surface area (Å²) in [5, 5.41) is 8.43. The van der Waals surface area contributed by atoms with E-state index in [1.54, 1.807) is 5.56 Å². The summed E-state index contributed by atoms with van der Waals surface area (Å²) < 4.78 is 0. The molecule has 1 aromatic rings. The van der Waals surface area contributed by atoms with Crippen LogP contribution in [0.15, 0.2) is 23.1 Å². The average molecular weight is 217 g/mol. The highest BCUT2D eigenvalue weighted by molar-refractivity contribution is 7.99. The largest absolute Gasteiger partial charge is 0.198 e. The van der Waals surface area contributed by atoms with Crippen LogP contribution in [0.25, 0.3) is 0 Å². The second-order valence-corrected chi connectivity index (χ2v) is 5.06. The van der Waals surface area contributed by atoms with Crippen molar-refractivity contribution in [3.05, 3.63) is 29.3 Å². The van der Waals surface area contributed by atoms with Crippen LogP contribution in [-0.2, 0) is 12.8 Å². The standard InChI is InChI=1S/C13H15NS/c14-8-1-2-9-15-13-7-6-11-4-3-5-12(11)10-13/h6-7,10H,1-5,9H2. The summed E-state index contributed by atoms with van der Waals surface area (Å²) in [6, 6.07) is 9.01. The highest BCUT2D eigenvalue weighted by atomic mass is 32.2. The van der Waals surface area contributed by atoms with Crippen LogP contribution in [-0.4, -0.2) is 5.75 Å². The van der Waals surface area contributed by atoms with E-state index in [0.717, 1.165) is 12.2 Å². The molecule has 0 saturated heterocycles. The van der Waals surface area contributed by atoms with Gasteiger partial charge in [-0.05, 0) is 54.7 Å². The van der Waals surface area contributed by atoms with Gasteiger partial charge < -0.3 is 0 Å². The Morgan fingerprint density at radius 2 is 2.13 bits per heavy atom. The molecule has 1 aliphatic rings. The van der Waals surface area contributed by atoms with Crippen molar-refractivity contribution in [2.45, 2.75) is 37.0 Å². The number of hydrogen-bond donors (Lipinski definition) is 0. The molecule has 0 radical (unpaired) electrons. The minimum atomic E-state index is 0.679. The van der Waals surface area contributed by atoms with Crippen molar-refractivity contribution in [2.24, 2.45) is 0 Å². The SMILES string of the molecule is N#CCCCSc1ccc2c(c1)CCC2. The molecule has 15 heavy (non-hydrogen) atoms. The van der Waals surface area contributed by atoms with Gasteiger partial charge in [0.1, 0.15) is 0 Å². The lowest BCUT2D eigenvalue weighted by molar-refractivity contribution is 0.911. The van der Waals surface area contributed by atoms with Crippen LogP contribution in [0.5, 0.6) is 0 Å². The molecule has 0 atom stereocenters. The summed E-state index contributed by atoms with van der Waals surface area (Å²) in [7, 11) is 0. The zero-order valence-corrected chi connectivity index (χ0v) is 9.65. The molecule has 2 heteroatoms. The zero-order chi connectivity index (χ0) is 10.5. The fourth-order valence-corrected chi connectivity index (χ4v) is 2.89. The number of unbranched alkanes of at least 4 members (excludes halogenated alkanes) is 1. The molecule has 0 aromatic heterocycles. The van der Waals surface area contributed by atoms with Crippen LogP contribution in [0.2, 0.25) is 0 Å². The van der Waals surface area contributed by atoms with Gasteiger partial charge in [-0.3, -0.25) is 0 Å². The number of nitriles is 1. The Morgan fingerprint density at radius 1 is 1.27 bits per heavy atom. The number of thioether (sulfide) groups is 1. The molecule has 0 N–H and O–H groups in total. The van der Waals surface area contributed by atoms with Gasteiger partial charge in [-0.1, -0.05) is 6.07 Å². The van der Waals surface area contributed by atoms with Gasteiger partial charge in [0, 0.05) is 11.3 Å². The Hall–Kier alpha value is -0.940. The third-order valence-corrected chi connectivity index (χ3v) is 3.85. The van der Waals surface area contributed by atoms with Gasteiger partial charge in [0.05, 0.1) is 6.07 Å². The number of hydrogen-bond acceptors (Lipinski definition) is 2. The molecule has 0 heterocycles. The number of rotatable bonds is 4. The average Bonchev–Trinajstić information content (AvgIpc) is 2.71. The molecule has 78 valence electrons. The van der Waals surface area contributed by atoms with E-state index in [9.17, 15) is 0 Å². The van der Waals surface area contributed by atoms with E-state index in [-0.39, 0.29) is 0 Å². The lowest BCUT2D eigenvalue weighted by atomic mass is 10.1. The van der Waals surface area contributed by atoms with Gasteiger partial charge in [-0.15, -0.1) is 11.8 Å². The van der Waals surface area contributed by atoms with Gasteiger partial charge >= 0.3 is 0 Å². The maximum absolute atomic E-state index is 8.43. The van der Waals surface area contributed by atoms with E-state index in [2.05, 4.69) is 24.3 Å². The molecule has 0 fully saturated rings. The lowest BCUT2D eigenvalue weighted by Crippen LogP contribution is -1.84. The van der Waals surface area contributed by atoms with Crippen molar-refractivity contribution >= 4 is 11.8 Å². The monoisotopic (exact) mass is 217 g/mol. The number of benzene rings is 1. The molecule has 1 aliphatic carbocycles. The van der Waals surface area contributed by atoms with Crippen molar-refractivity contribution in [1.82, 2.24) is 0 Å². The maximum Gasteiger partial charge on any atom is 0.0622 e. The Morgan fingerprint density at radius 3 is 3.00 bits per heavy atom. The highest BCUT2D eigenvalue weighted by Crippen LogP contribution is 2.27. The van der Waals surface area contributed by atoms with Crippen molar-refractivity contribution in [1.29, 1.82) is 5.26 Å². The third-order valence-electron chi connectivity index (χ3n) is 2.77. The van der Waals surface area contributed by atoms with Crippen molar-refractivity contribution in [2.75, 3.05) is 5.75 Å². The molecule has 0 unspecified atom stereocenters. The summed E-state index contributed by atoms with van der Waals surface area (Å²) in [6.45, 7) is 0. The Labute approximate surface area is 95.5 Å². The number of nitrogens with zero attached hydrogens (tertiary/aromatic N) is 1. The fourth-order valence-electron chi connectivity index (χ4n) is 1.98. The van der Waals surface area contributed by atoms with Crippen LogP contribution >= 0.6 is 11.8 Å². The quantitative estimate of drug-likeness (QED) is 0.568. The number of fused-ring (bicyclic) bond motifs is 1. The maximum atomic E-state index is 8.43. The van der Waals surface area contributed by atoms with Crippen molar-refractivity contribution in [3.63, 3.8) is 0 Å². The molecular formula is C13H15NS. The molecule has 2 rings (SSSR count). The first-order valence-corrected chi connectivity index (χ1v) is 6.50. The van der Waals surface area contributed by atoms with E-state index in [0.29, 0.717) is 6.42 Å². The van der Waals surface area contributed by atoms with Crippen LogP contribution < -0.4 is 0 Å². The van der Waals surface area contributed by atoms with Crippen LogP contribution in [0.1, 0.15) is 30.4 Å². The molecule has 1 aromatic carbocycles. The summed E-state index contributed by atoms with van der Waals surface area (Å²) in [5.74, 6) is 1.06. The smallest absolute Gasteiger partial charge is 0.0622 e. The molecule has 0 bridgehead atoms. The van der Waals surface area contributed by atoms with Gasteiger partial charge in [0.15, 0.2) is 0 Å². The predicted octanol–water partition coefficient (Wildman–Crippen LogP) is 3.57. The van der Waals surface area contributed by atoms with E-state index in [1.165, 1.54) is 29.7 Å². The second-order valence-electron chi connectivity index (χ2n) is 3.89. The molecule has 0 aliphatic heterocycles. The predicted molar refractivity (Wildman–Crippen MR) is 64.0 cm³/mol. The van der Waals surface area contributed by atoms with E-state index in [1.807, 2.05) is 11.8 Å². The Bertz CT molecular complexity index is 379. The Balaban J connectivity index is 1.90. The highest BCUT2D eigenvalue weighted by Gasteiger charge is 2.10. The Kier molecular flexibility index (Phi) is 3.69. The number of aryl methyl sites for hydroxylation is 2. The van der Waals surface area contributed by atoms with E-state index >= 15 is 0 Å². The fraction of sp³-hybridized carbons (Fsp3) is 0.462. The summed E-state index contributed by atoms with van der Waals surface area (Å²) in [4.78, 5) is 1.37.